The van der Waals surface area contributed by atoms with Crippen LogP contribution in [0.3, 0.4) is 0 Å². The van der Waals surface area contributed by atoms with Crippen LogP contribution in [-0.4, -0.2) is 33.7 Å². The molecule has 2 heterocycles. The summed E-state index contributed by atoms with van der Waals surface area (Å²) in [5, 5.41) is 19.0. The fraction of sp³-hybridized carbons (Fsp3) is 0.571. The topological polar surface area (TPSA) is 99.8 Å². The molecule has 0 radical (unpaired) electrons. The molecular weight excluding hydrogens is 270 g/mol. The summed E-state index contributed by atoms with van der Waals surface area (Å²) in [6.45, 7) is 0. The van der Waals surface area contributed by atoms with Crippen LogP contribution in [-0.2, 0) is 11.8 Å². The molecule has 1 saturated heterocycles. The summed E-state index contributed by atoms with van der Waals surface area (Å²) in [5.74, 6) is 0.215. The Morgan fingerprint density at radius 2 is 2.29 bits per heavy atom. The summed E-state index contributed by atoms with van der Waals surface area (Å²) in [7, 11) is 1.63. The molecule has 0 unspecified atom stereocenters. The Hall–Kier alpha value is -2.36. The van der Waals surface area contributed by atoms with Crippen LogP contribution in [0.2, 0.25) is 0 Å². The van der Waals surface area contributed by atoms with Gasteiger partial charge < -0.3 is 10.6 Å². The van der Waals surface area contributed by atoms with Crippen LogP contribution in [0.1, 0.15) is 41.7 Å². The van der Waals surface area contributed by atoms with E-state index in [2.05, 4.69) is 15.7 Å². The molecule has 0 bridgehead atoms. The van der Waals surface area contributed by atoms with Crippen LogP contribution in [0.5, 0.6) is 0 Å². The van der Waals surface area contributed by atoms with E-state index in [1.165, 1.54) is 10.9 Å². The molecule has 7 heteroatoms. The smallest absolute Gasteiger partial charge is 0.256 e. The van der Waals surface area contributed by atoms with Crippen molar-refractivity contribution in [3.05, 3.63) is 17.5 Å². The first-order valence-electron chi connectivity index (χ1n) is 7.12. The number of carbonyl (C=O) groups excluding carboxylic acids is 2. The zero-order chi connectivity index (χ0) is 15.0. The average molecular weight is 287 g/mol. The van der Waals surface area contributed by atoms with Crippen molar-refractivity contribution in [2.24, 2.45) is 13.0 Å². The first-order chi connectivity index (χ1) is 10.1. The number of nitriles is 1. The predicted octanol–water partition coefficient (Wildman–Crippen LogP) is 0.0788. The first kappa shape index (κ1) is 13.6. The normalized spacial score (nSPS) is 25.0. The van der Waals surface area contributed by atoms with E-state index in [1.54, 1.807) is 7.05 Å². The van der Waals surface area contributed by atoms with Gasteiger partial charge in [-0.05, 0) is 25.2 Å². The van der Waals surface area contributed by atoms with Gasteiger partial charge in [-0.1, -0.05) is 0 Å². The number of nitrogens with one attached hydrogen (secondary N) is 2. The molecule has 1 aliphatic heterocycles. The molecule has 21 heavy (non-hydrogen) atoms. The van der Waals surface area contributed by atoms with Crippen LogP contribution < -0.4 is 10.6 Å². The van der Waals surface area contributed by atoms with E-state index in [-0.39, 0.29) is 35.2 Å². The standard InChI is InChI=1S/C14H17N5O2/c1-19-11(6-15)9(7-16-19)14(21)17-10-4-5-12(20)18-13(10)8-2-3-8/h7-8,10,13H,2-5H2,1H3,(H,17,21)(H,18,20)/t10-,13+/m1/s1. The van der Waals surface area contributed by atoms with Crippen LogP contribution in [0.25, 0.3) is 0 Å². The van der Waals surface area contributed by atoms with Crippen molar-refractivity contribution >= 4 is 11.8 Å². The molecule has 3 rings (SSSR count). The molecule has 1 aromatic heterocycles. The summed E-state index contributed by atoms with van der Waals surface area (Å²) in [4.78, 5) is 23.9. The summed E-state index contributed by atoms with van der Waals surface area (Å²) < 4.78 is 1.38. The third kappa shape index (κ3) is 2.61. The molecule has 2 atom stereocenters. The van der Waals surface area contributed by atoms with Crippen LogP contribution in [0, 0.1) is 17.2 Å². The molecular formula is C14H17N5O2. The highest BCUT2D eigenvalue weighted by molar-refractivity contribution is 5.96. The molecule has 110 valence electrons. The van der Waals surface area contributed by atoms with Gasteiger partial charge in [-0.3, -0.25) is 14.3 Å². The quantitative estimate of drug-likeness (QED) is 0.822. The van der Waals surface area contributed by atoms with E-state index >= 15 is 0 Å². The lowest BCUT2D eigenvalue weighted by Crippen LogP contribution is -2.56. The highest BCUT2D eigenvalue weighted by Gasteiger charge is 2.40. The van der Waals surface area contributed by atoms with Crippen molar-refractivity contribution in [1.82, 2.24) is 20.4 Å². The first-order valence-corrected chi connectivity index (χ1v) is 7.12. The number of hydrogen-bond donors (Lipinski definition) is 2. The van der Waals surface area contributed by atoms with E-state index in [4.69, 9.17) is 5.26 Å². The van der Waals surface area contributed by atoms with E-state index in [1.807, 2.05) is 6.07 Å². The number of amides is 2. The van der Waals surface area contributed by atoms with E-state index in [9.17, 15) is 9.59 Å². The third-order valence-corrected chi connectivity index (χ3v) is 4.18. The Labute approximate surface area is 122 Å². The highest BCUT2D eigenvalue weighted by atomic mass is 16.2. The molecule has 2 aliphatic rings. The maximum atomic E-state index is 12.3. The summed E-state index contributed by atoms with van der Waals surface area (Å²) in [5.41, 5.74) is 0.529. The average Bonchev–Trinajstić information content (AvgIpc) is 3.23. The van der Waals surface area contributed by atoms with Crippen LogP contribution in [0.15, 0.2) is 6.20 Å². The molecule has 2 fully saturated rings. The number of nitrogens with zero attached hydrogens (tertiary/aromatic N) is 3. The lowest BCUT2D eigenvalue weighted by Gasteiger charge is -2.33. The van der Waals surface area contributed by atoms with Crippen molar-refractivity contribution in [2.75, 3.05) is 0 Å². The zero-order valence-corrected chi connectivity index (χ0v) is 11.8. The molecule has 2 amide bonds. The van der Waals surface area contributed by atoms with Gasteiger partial charge in [0.25, 0.3) is 5.91 Å². The van der Waals surface area contributed by atoms with Crippen molar-refractivity contribution in [3.8, 4) is 6.07 Å². The predicted molar refractivity (Wildman–Crippen MR) is 73.1 cm³/mol. The second kappa shape index (κ2) is 5.20. The molecule has 0 spiro atoms. The van der Waals surface area contributed by atoms with Crippen LogP contribution >= 0.6 is 0 Å². The van der Waals surface area contributed by atoms with Gasteiger partial charge in [0.05, 0.1) is 23.8 Å². The summed E-state index contributed by atoms with van der Waals surface area (Å²) >= 11 is 0. The molecule has 1 aromatic rings. The maximum Gasteiger partial charge on any atom is 0.256 e. The minimum atomic E-state index is -0.300. The Morgan fingerprint density at radius 3 is 2.95 bits per heavy atom. The molecule has 1 saturated carbocycles. The number of aryl methyl sites for hydroxylation is 1. The zero-order valence-electron chi connectivity index (χ0n) is 11.8. The van der Waals surface area contributed by atoms with Gasteiger partial charge in [-0.15, -0.1) is 0 Å². The fourth-order valence-electron chi connectivity index (χ4n) is 2.87. The lowest BCUT2D eigenvalue weighted by atomic mass is 9.94. The number of carbonyl (C=O) groups is 2. The minimum absolute atomic E-state index is 0.0115. The monoisotopic (exact) mass is 287 g/mol. The largest absolute Gasteiger partial charge is 0.351 e. The SMILES string of the molecule is Cn1ncc(C(=O)N[C@@H]2CCC(=O)N[C@H]2C2CC2)c1C#N. The van der Waals surface area contributed by atoms with E-state index in [0.717, 1.165) is 12.8 Å². The lowest BCUT2D eigenvalue weighted by molar-refractivity contribution is -0.124. The van der Waals surface area contributed by atoms with E-state index < -0.39 is 0 Å². The van der Waals surface area contributed by atoms with Gasteiger partial charge in [-0.2, -0.15) is 10.4 Å². The van der Waals surface area contributed by atoms with Gasteiger partial charge in [0.2, 0.25) is 5.91 Å². The third-order valence-electron chi connectivity index (χ3n) is 4.18. The maximum absolute atomic E-state index is 12.3. The second-order valence-corrected chi connectivity index (χ2v) is 5.69. The van der Waals surface area contributed by atoms with Crippen molar-refractivity contribution in [2.45, 2.75) is 37.8 Å². The Balaban J connectivity index is 1.74. The van der Waals surface area contributed by atoms with Crippen molar-refractivity contribution in [3.63, 3.8) is 0 Å². The van der Waals surface area contributed by atoms with Crippen LogP contribution in [0.4, 0.5) is 0 Å². The fourth-order valence-corrected chi connectivity index (χ4v) is 2.87. The van der Waals surface area contributed by atoms with Gasteiger partial charge in [-0.25, -0.2) is 0 Å². The second-order valence-electron chi connectivity index (χ2n) is 5.69. The molecule has 2 N–H and O–H groups in total. The summed E-state index contributed by atoms with van der Waals surface area (Å²) in [6.07, 6.45) is 4.65. The van der Waals surface area contributed by atoms with Gasteiger partial charge in [0.15, 0.2) is 5.69 Å². The van der Waals surface area contributed by atoms with Gasteiger partial charge in [0, 0.05) is 13.5 Å². The van der Waals surface area contributed by atoms with Gasteiger partial charge in [0.1, 0.15) is 6.07 Å². The van der Waals surface area contributed by atoms with Crippen molar-refractivity contribution in [1.29, 1.82) is 5.26 Å². The Bertz CT molecular complexity index is 626. The molecule has 7 nitrogen and oxygen atoms in total. The number of aromatic nitrogens is 2. The Kier molecular flexibility index (Phi) is 3.37. The number of piperidine rings is 1. The highest BCUT2D eigenvalue weighted by Crippen LogP contribution is 2.36. The Morgan fingerprint density at radius 1 is 1.52 bits per heavy atom. The van der Waals surface area contributed by atoms with E-state index in [0.29, 0.717) is 18.8 Å². The molecule has 1 aliphatic carbocycles. The minimum Gasteiger partial charge on any atom is -0.351 e. The summed E-state index contributed by atoms with van der Waals surface area (Å²) in [6, 6.07) is 1.92. The number of rotatable bonds is 3. The molecule has 0 aromatic carbocycles. The van der Waals surface area contributed by atoms with Crippen molar-refractivity contribution < 1.29 is 9.59 Å². The van der Waals surface area contributed by atoms with Gasteiger partial charge >= 0.3 is 0 Å². The number of hydrogen-bond acceptors (Lipinski definition) is 4.